The molecule has 3 rings (SSSR count). The van der Waals surface area contributed by atoms with Gasteiger partial charge in [-0.05, 0) is 18.6 Å². The molecular formula is C13H12N6O2S. The van der Waals surface area contributed by atoms with E-state index in [0.717, 1.165) is 5.56 Å². The van der Waals surface area contributed by atoms with Crippen molar-refractivity contribution < 1.29 is 8.42 Å². The molecule has 3 aromatic rings. The van der Waals surface area contributed by atoms with Crippen LogP contribution in [0.25, 0.3) is 10.9 Å². The van der Waals surface area contributed by atoms with E-state index >= 15 is 0 Å². The number of anilines is 1. The summed E-state index contributed by atoms with van der Waals surface area (Å²) >= 11 is 0. The number of benzene rings is 1. The van der Waals surface area contributed by atoms with E-state index < -0.39 is 10.0 Å². The summed E-state index contributed by atoms with van der Waals surface area (Å²) in [5, 5.41) is 16.9. The van der Waals surface area contributed by atoms with E-state index in [1.165, 1.54) is 10.9 Å². The summed E-state index contributed by atoms with van der Waals surface area (Å²) in [5.41, 5.74) is 2.26. The van der Waals surface area contributed by atoms with Crippen molar-refractivity contribution in [1.82, 2.24) is 20.0 Å². The Bertz CT molecular complexity index is 1010. The second kappa shape index (κ2) is 4.85. The van der Waals surface area contributed by atoms with E-state index in [1.54, 1.807) is 25.4 Å². The molecule has 2 N–H and O–H groups in total. The Balaban J connectivity index is 2.11. The molecule has 2 aromatic heterocycles. The highest BCUT2D eigenvalue weighted by Crippen LogP contribution is 2.29. The number of rotatable bonds is 3. The summed E-state index contributed by atoms with van der Waals surface area (Å²) < 4.78 is 28.4. The standard InChI is InChI=1S/C13H12N6O2S/c1-8-3-4-10(13-12(8)9(5-14)6-15-13)17-22(20,21)11-7-19(2)18-16-11/h3-4,6-7,15,17H,1-2H3. The van der Waals surface area contributed by atoms with Crippen molar-refractivity contribution in [3.63, 3.8) is 0 Å². The molecule has 112 valence electrons. The number of aromatic amines is 1. The number of nitrogens with one attached hydrogen (secondary N) is 2. The molecule has 0 aliphatic rings. The first-order valence-corrected chi connectivity index (χ1v) is 7.80. The molecule has 0 fully saturated rings. The number of H-pyrrole nitrogens is 1. The Morgan fingerprint density at radius 1 is 1.41 bits per heavy atom. The monoisotopic (exact) mass is 316 g/mol. The highest BCUT2D eigenvalue weighted by atomic mass is 32.2. The quantitative estimate of drug-likeness (QED) is 0.755. The van der Waals surface area contributed by atoms with Gasteiger partial charge in [0.15, 0.2) is 0 Å². The number of hydrogen-bond acceptors (Lipinski definition) is 5. The van der Waals surface area contributed by atoms with Crippen molar-refractivity contribution in [3.05, 3.63) is 35.7 Å². The van der Waals surface area contributed by atoms with Crippen LogP contribution in [0.15, 0.2) is 29.6 Å². The van der Waals surface area contributed by atoms with E-state index in [-0.39, 0.29) is 5.03 Å². The Hall–Kier alpha value is -2.86. The molecule has 22 heavy (non-hydrogen) atoms. The number of hydrogen-bond donors (Lipinski definition) is 2. The fourth-order valence-corrected chi connectivity index (χ4v) is 3.24. The molecule has 0 radical (unpaired) electrons. The van der Waals surface area contributed by atoms with Crippen LogP contribution in [-0.4, -0.2) is 28.4 Å². The molecule has 0 bridgehead atoms. The van der Waals surface area contributed by atoms with E-state index in [4.69, 9.17) is 5.26 Å². The molecule has 0 spiro atoms. The Morgan fingerprint density at radius 3 is 2.82 bits per heavy atom. The Kier molecular flexibility index (Phi) is 3.11. The third-order valence-electron chi connectivity index (χ3n) is 3.27. The van der Waals surface area contributed by atoms with Gasteiger partial charge in [0.1, 0.15) is 6.07 Å². The minimum atomic E-state index is -3.84. The van der Waals surface area contributed by atoms with E-state index in [0.29, 0.717) is 22.2 Å². The number of sulfonamides is 1. The molecule has 9 heteroatoms. The highest BCUT2D eigenvalue weighted by Gasteiger charge is 2.20. The molecule has 0 atom stereocenters. The maximum atomic E-state index is 12.3. The Labute approximate surface area is 126 Å². The molecule has 8 nitrogen and oxygen atoms in total. The molecule has 2 heterocycles. The second-order valence-electron chi connectivity index (χ2n) is 4.83. The first-order chi connectivity index (χ1) is 10.4. The summed E-state index contributed by atoms with van der Waals surface area (Å²) in [6, 6.07) is 5.48. The van der Waals surface area contributed by atoms with Crippen LogP contribution in [0.2, 0.25) is 0 Å². The summed E-state index contributed by atoms with van der Waals surface area (Å²) in [7, 11) is -2.26. The first kappa shape index (κ1) is 14.1. The van der Waals surface area contributed by atoms with Crippen LogP contribution in [0.3, 0.4) is 0 Å². The number of aryl methyl sites for hydroxylation is 2. The number of aromatic nitrogens is 4. The van der Waals surface area contributed by atoms with Gasteiger partial charge in [0.25, 0.3) is 10.0 Å². The van der Waals surface area contributed by atoms with E-state index in [2.05, 4.69) is 26.1 Å². The van der Waals surface area contributed by atoms with E-state index in [1.807, 2.05) is 6.92 Å². The average molecular weight is 316 g/mol. The molecule has 0 aliphatic heterocycles. The predicted octanol–water partition coefficient (Wildman–Crippen LogP) is 1.28. The van der Waals surface area contributed by atoms with Crippen molar-refractivity contribution in [3.8, 4) is 6.07 Å². The zero-order valence-electron chi connectivity index (χ0n) is 11.8. The lowest BCUT2D eigenvalue weighted by Crippen LogP contribution is -2.13. The van der Waals surface area contributed by atoms with Crippen LogP contribution in [0, 0.1) is 18.3 Å². The Morgan fingerprint density at radius 2 is 2.18 bits per heavy atom. The third kappa shape index (κ3) is 2.19. The molecular weight excluding hydrogens is 304 g/mol. The van der Waals surface area contributed by atoms with Gasteiger partial charge < -0.3 is 4.98 Å². The largest absolute Gasteiger partial charge is 0.358 e. The fourth-order valence-electron chi connectivity index (χ4n) is 2.24. The van der Waals surface area contributed by atoms with Crippen LogP contribution in [-0.2, 0) is 17.1 Å². The lowest BCUT2D eigenvalue weighted by atomic mass is 10.1. The van der Waals surface area contributed by atoms with Gasteiger partial charge in [-0.25, -0.2) is 0 Å². The van der Waals surface area contributed by atoms with Crippen molar-refractivity contribution in [2.75, 3.05) is 4.72 Å². The topological polar surface area (TPSA) is 116 Å². The number of nitriles is 1. The van der Waals surface area contributed by atoms with Gasteiger partial charge in [-0.15, -0.1) is 5.10 Å². The minimum Gasteiger partial charge on any atom is -0.358 e. The minimum absolute atomic E-state index is 0.171. The van der Waals surface area contributed by atoms with Gasteiger partial charge in [0.2, 0.25) is 5.03 Å². The predicted molar refractivity (Wildman–Crippen MR) is 79.6 cm³/mol. The lowest BCUT2D eigenvalue weighted by molar-refractivity contribution is 0.597. The maximum Gasteiger partial charge on any atom is 0.282 e. The van der Waals surface area contributed by atoms with Crippen molar-refractivity contribution in [2.45, 2.75) is 11.9 Å². The summed E-state index contributed by atoms with van der Waals surface area (Å²) in [4.78, 5) is 2.94. The van der Waals surface area contributed by atoms with Crippen molar-refractivity contribution in [1.29, 1.82) is 5.26 Å². The number of fused-ring (bicyclic) bond motifs is 1. The zero-order valence-corrected chi connectivity index (χ0v) is 12.6. The van der Waals surface area contributed by atoms with Crippen LogP contribution in [0.4, 0.5) is 5.69 Å². The molecule has 0 amide bonds. The van der Waals surface area contributed by atoms with Crippen molar-refractivity contribution >= 4 is 26.6 Å². The average Bonchev–Trinajstić information content (AvgIpc) is 3.08. The molecule has 0 saturated carbocycles. The lowest BCUT2D eigenvalue weighted by Gasteiger charge is -2.08. The summed E-state index contributed by atoms with van der Waals surface area (Å²) in [5.74, 6) is 0. The molecule has 1 aromatic carbocycles. The van der Waals surface area contributed by atoms with Gasteiger partial charge >= 0.3 is 0 Å². The maximum absolute atomic E-state index is 12.3. The fraction of sp³-hybridized carbons (Fsp3) is 0.154. The third-order valence-corrected chi connectivity index (χ3v) is 4.49. The summed E-state index contributed by atoms with van der Waals surface area (Å²) in [6.07, 6.45) is 2.86. The van der Waals surface area contributed by atoms with Gasteiger partial charge in [0, 0.05) is 18.6 Å². The molecule has 0 saturated heterocycles. The van der Waals surface area contributed by atoms with Gasteiger partial charge in [-0.2, -0.15) is 13.7 Å². The molecule has 0 unspecified atom stereocenters. The van der Waals surface area contributed by atoms with Crippen LogP contribution >= 0.6 is 0 Å². The molecule has 0 aliphatic carbocycles. The van der Waals surface area contributed by atoms with Crippen molar-refractivity contribution in [2.24, 2.45) is 7.05 Å². The second-order valence-corrected chi connectivity index (χ2v) is 6.46. The smallest absolute Gasteiger partial charge is 0.282 e. The SMILES string of the molecule is Cc1ccc(NS(=O)(=O)c2cn(C)nn2)c2[nH]cc(C#N)c12. The zero-order chi connectivity index (χ0) is 15.9. The highest BCUT2D eigenvalue weighted by molar-refractivity contribution is 7.92. The number of nitrogens with zero attached hydrogens (tertiary/aromatic N) is 4. The van der Waals surface area contributed by atoms with E-state index in [9.17, 15) is 8.42 Å². The normalized spacial score (nSPS) is 11.5. The van der Waals surface area contributed by atoms with Gasteiger partial charge in [0.05, 0.1) is 23.0 Å². The summed E-state index contributed by atoms with van der Waals surface area (Å²) in [6.45, 7) is 1.86. The van der Waals surface area contributed by atoms with Crippen LogP contribution in [0.1, 0.15) is 11.1 Å². The van der Waals surface area contributed by atoms with Gasteiger partial charge in [-0.3, -0.25) is 9.40 Å². The van der Waals surface area contributed by atoms with Crippen LogP contribution in [0.5, 0.6) is 0 Å². The van der Waals surface area contributed by atoms with Crippen LogP contribution < -0.4 is 4.72 Å². The van der Waals surface area contributed by atoms with Gasteiger partial charge in [-0.1, -0.05) is 11.3 Å². The first-order valence-electron chi connectivity index (χ1n) is 6.32.